The SMILES string of the molecule is C=CCNc1nnc(SCc2c(C(=O)OCC)sc3cccc(F)c23)s1. The molecule has 0 amide bonds. The van der Waals surface area contributed by atoms with E-state index in [1.165, 1.54) is 40.5 Å². The molecule has 0 aliphatic heterocycles. The number of anilines is 1. The van der Waals surface area contributed by atoms with Crippen LogP contribution in [0.3, 0.4) is 0 Å². The summed E-state index contributed by atoms with van der Waals surface area (Å²) in [5, 5.41) is 12.4. The standard InChI is InChI=1S/C17H16FN3O2S3/c1-3-8-19-16-20-21-17(26-16)24-9-10-13-11(18)6-5-7-12(13)25-14(10)15(22)23-4-2/h3,5-7H,1,4,8-9H2,2H3,(H,19,20). The molecule has 0 atom stereocenters. The molecule has 3 rings (SSSR count). The monoisotopic (exact) mass is 409 g/mol. The molecule has 0 aliphatic carbocycles. The summed E-state index contributed by atoms with van der Waals surface area (Å²) in [6.45, 7) is 6.27. The second-order valence-electron chi connectivity index (χ2n) is 5.07. The van der Waals surface area contributed by atoms with Gasteiger partial charge in [-0.2, -0.15) is 0 Å². The molecule has 0 fully saturated rings. The second kappa shape index (κ2) is 8.61. The summed E-state index contributed by atoms with van der Waals surface area (Å²) < 4.78 is 21.0. The van der Waals surface area contributed by atoms with Crippen LogP contribution >= 0.6 is 34.4 Å². The van der Waals surface area contributed by atoms with Crippen LogP contribution in [0.4, 0.5) is 9.52 Å². The van der Waals surface area contributed by atoms with Crippen LogP contribution in [0.15, 0.2) is 35.2 Å². The van der Waals surface area contributed by atoms with Crippen LogP contribution in [-0.2, 0) is 10.5 Å². The lowest BCUT2D eigenvalue weighted by molar-refractivity contribution is 0.0531. The highest BCUT2D eigenvalue weighted by Crippen LogP contribution is 2.38. The Bertz CT molecular complexity index is 939. The molecule has 0 aliphatic rings. The van der Waals surface area contributed by atoms with Gasteiger partial charge in [0.15, 0.2) is 4.34 Å². The van der Waals surface area contributed by atoms with Gasteiger partial charge < -0.3 is 10.1 Å². The average molecular weight is 410 g/mol. The predicted molar refractivity (Wildman–Crippen MR) is 106 cm³/mol. The number of nitrogens with zero attached hydrogens (tertiary/aromatic N) is 2. The van der Waals surface area contributed by atoms with E-state index in [1.807, 2.05) is 6.07 Å². The van der Waals surface area contributed by atoms with Gasteiger partial charge in [0.25, 0.3) is 0 Å². The number of carbonyl (C=O) groups excluding carboxylic acids is 1. The summed E-state index contributed by atoms with van der Waals surface area (Å²) in [7, 11) is 0. The van der Waals surface area contributed by atoms with Gasteiger partial charge in [0.05, 0.1) is 6.61 Å². The smallest absolute Gasteiger partial charge is 0.348 e. The first-order valence-electron chi connectivity index (χ1n) is 7.82. The number of rotatable bonds is 8. The normalized spacial score (nSPS) is 10.8. The van der Waals surface area contributed by atoms with Crippen LogP contribution in [0, 0.1) is 5.82 Å². The Morgan fingerprint density at radius 1 is 1.42 bits per heavy atom. The van der Waals surface area contributed by atoms with Gasteiger partial charge in [0.2, 0.25) is 5.13 Å². The van der Waals surface area contributed by atoms with E-state index in [0.717, 1.165) is 9.04 Å². The number of thiophene rings is 1. The molecule has 0 radical (unpaired) electrons. The quantitative estimate of drug-likeness (QED) is 0.322. The van der Waals surface area contributed by atoms with E-state index >= 15 is 0 Å². The molecule has 5 nitrogen and oxygen atoms in total. The minimum Gasteiger partial charge on any atom is -0.462 e. The minimum absolute atomic E-state index is 0.275. The summed E-state index contributed by atoms with van der Waals surface area (Å²) in [5.74, 6) is -0.352. The van der Waals surface area contributed by atoms with Gasteiger partial charge in [0.1, 0.15) is 10.7 Å². The zero-order valence-corrected chi connectivity index (χ0v) is 16.4. The lowest BCUT2D eigenvalue weighted by Gasteiger charge is -2.04. The summed E-state index contributed by atoms with van der Waals surface area (Å²) in [4.78, 5) is 12.7. The highest BCUT2D eigenvalue weighted by Gasteiger charge is 2.22. The van der Waals surface area contributed by atoms with Crippen molar-refractivity contribution in [1.29, 1.82) is 0 Å². The molecule has 0 spiro atoms. The molecular weight excluding hydrogens is 393 g/mol. The first kappa shape index (κ1) is 18.8. The lowest BCUT2D eigenvalue weighted by Crippen LogP contribution is -2.04. The third-order valence-corrected chi connectivity index (χ3v) is 6.59. The molecule has 2 aromatic heterocycles. The molecule has 26 heavy (non-hydrogen) atoms. The van der Waals surface area contributed by atoms with E-state index in [0.29, 0.717) is 33.3 Å². The number of aromatic nitrogens is 2. The van der Waals surface area contributed by atoms with Crippen LogP contribution in [0.1, 0.15) is 22.2 Å². The fraction of sp³-hybridized carbons (Fsp3) is 0.235. The van der Waals surface area contributed by atoms with Crippen LogP contribution in [-0.4, -0.2) is 29.3 Å². The van der Waals surface area contributed by atoms with Crippen molar-refractivity contribution in [2.75, 3.05) is 18.5 Å². The zero-order valence-electron chi connectivity index (χ0n) is 14.0. The Hall–Kier alpha value is -1.97. The first-order valence-corrected chi connectivity index (χ1v) is 10.4. The fourth-order valence-electron chi connectivity index (χ4n) is 2.30. The minimum atomic E-state index is -0.422. The lowest BCUT2D eigenvalue weighted by atomic mass is 10.1. The van der Waals surface area contributed by atoms with E-state index < -0.39 is 5.97 Å². The van der Waals surface area contributed by atoms with Gasteiger partial charge in [-0.05, 0) is 24.6 Å². The largest absolute Gasteiger partial charge is 0.462 e. The van der Waals surface area contributed by atoms with Gasteiger partial charge in [-0.15, -0.1) is 28.1 Å². The third-order valence-electron chi connectivity index (χ3n) is 3.37. The highest BCUT2D eigenvalue weighted by atomic mass is 32.2. The Kier molecular flexibility index (Phi) is 6.23. The number of hydrogen-bond donors (Lipinski definition) is 1. The van der Waals surface area contributed by atoms with Crippen LogP contribution in [0.5, 0.6) is 0 Å². The molecule has 0 saturated heterocycles. The summed E-state index contributed by atoms with van der Waals surface area (Å²) >= 11 is 4.07. The van der Waals surface area contributed by atoms with Crippen LogP contribution in [0.2, 0.25) is 0 Å². The maximum atomic E-state index is 14.4. The number of fused-ring (bicyclic) bond motifs is 1. The van der Waals surface area contributed by atoms with Crippen molar-refractivity contribution in [3.05, 3.63) is 47.1 Å². The number of nitrogens with one attached hydrogen (secondary N) is 1. The van der Waals surface area contributed by atoms with Gasteiger partial charge >= 0.3 is 5.97 Å². The van der Waals surface area contributed by atoms with E-state index in [1.54, 1.807) is 19.1 Å². The Morgan fingerprint density at radius 3 is 3.04 bits per heavy atom. The van der Waals surface area contributed by atoms with E-state index in [-0.39, 0.29) is 12.4 Å². The second-order valence-corrected chi connectivity index (χ2v) is 8.33. The molecule has 1 aromatic carbocycles. The summed E-state index contributed by atoms with van der Waals surface area (Å²) in [5.41, 5.74) is 0.641. The summed E-state index contributed by atoms with van der Waals surface area (Å²) in [6, 6.07) is 4.85. The number of ether oxygens (including phenoxy) is 1. The van der Waals surface area contributed by atoms with Gasteiger partial charge in [-0.25, -0.2) is 9.18 Å². The number of benzene rings is 1. The van der Waals surface area contributed by atoms with Crippen molar-refractivity contribution in [3.8, 4) is 0 Å². The third kappa shape index (κ3) is 4.05. The van der Waals surface area contributed by atoms with Gasteiger partial charge in [-0.3, -0.25) is 0 Å². The molecule has 1 N–H and O–H groups in total. The predicted octanol–water partition coefficient (Wildman–Crippen LogP) is 4.96. The molecule has 0 saturated carbocycles. The van der Waals surface area contributed by atoms with Crippen molar-refractivity contribution >= 4 is 55.6 Å². The maximum Gasteiger partial charge on any atom is 0.348 e. The van der Waals surface area contributed by atoms with Crippen molar-refractivity contribution in [1.82, 2.24) is 10.2 Å². The number of halogens is 1. The van der Waals surface area contributed by atoms with Gasteiger partial charge in [-0.1, -0.05) is 35.2 Å². The molecule has 0 bridgehead atoms. The molecule has 2 heterocycles. The fourth-order valence-corrected chi connectivity index (χ4v) is 5.31. The summed E-state index contributed by atoms with van der Waals surface area (Å²) in [6.07, 6.45) is 1.74. The molecular formula is C17H16FN3O2S3. The topological polar surface area (TPSA) is 64.1 Å². The van der Waals surface area contributed by atoms with Crippen LogP contribution in [0.25, 0.3) is 10.1 Å². The van der Waals surface area contributed by atoms with Crippen LogP contribution < -0.4 is 5.32 Å². The first-order chi connectivity index (χ1) is 12.6. The Morgan fingerprint density at radius 2 is 2.27 bits per heavy atom. The highest BCUT2D eigenvalue weighted by molar-refractivity contribution is 8.00. The van der Waals surface area contributed by atoms with Crippen molar-refractivity contribution in [2.24, 2.45) is 0 Å². The number of carbonyl (C=O) groups is 1. The van der Waals surface area contributed by atoms with E-state index in [9.17, 15) is 9.18 Å². The van der Waals surface area contributed by atoms with Crippen molar-refractivity contribution < 1.29 is 13.9 Å². The zero-order chi connectivity index (χ0) is 18.5. The van der Waals surface area contributed by atoms with E-state index in [4.69, 9.17) is 4.74 Å². The van der Waals surface area contributed by atoms with E-state index in [2.05, 4.69) is 22.1 Å². The van der Waals surface area contributed by atoms with Crippen molar-refractivity contribution in [3.63, 3.8) is 0 Å². The molecule has 0 unspecified atom stereocenters. The Balaban J connectivity index is 1.87. The van der Waals surface area contributed by atoms with Crippen molar-refractivity contribution in [2.45, 2.75) is 17.0 Å². The molecule has 136 valence electrons. The molecule has 3 aromatic rings. The number of hydrogen-bond acceptors (Lipinski definition) is 8. The Labute approximate surface area is 162 Å². The number of esters is 1. The maximum absolute atomic E-state index is 14.4. The number of thioether (sulfide) groups is 1. The average Bonchev–Trinajstić information content (AvgIpc) is 3.23. The van der Waals surface area contributed by atoms with Gasteiger partial charge in [0, 0.05) is 22.4 Å². The molecule has 9 heteroatoms.